The second-order valence-electron chi connectivity index (χ2n) is 7.39. The lowest BCUT2D eigenvalue weighted by Crippen LogP contribution is -2.42. The van der Waals surface area contributed by atoms with Gasteiger partial charge in [0.2, 0.25) is 0 Å². The van der Waals surface area contributed by atoms with Gasteiger partial charge in [-0.2, -0.15) is 0 Å². The van der Waals surface area contributed by atoms with Gasteiger partial charge in [0, 0.05) is 5.56 Å². The van der Waals surface area contributed by atoms with Gasteiger partial charge < -0.3 is 19.3 Å². The molecule has 144 valence electrons. The summed E-state index contributed by atoms with van der Waals surface area (Å²) in [6, 6.07) is 6.89. The number of esters is 1. The number of phenols is 1. The molecule has 0 aromatic heterocycles. The number of hydrogen-bond donors (Lipinski definition) is 1. The maximum atomic E-state index is 12.4. The first-order chi connectivity index (χ1) is 12.8. The SMILES string of the molecule is COc1cccc(C(=O)OCC2(C)CCc3c(C)c(O)c(C)c(C)c3O2)c1. The minimum atomic E-state index is -0.609. The van der Waals surface area contributed by atoms with Gasteiger partial charge in [0.1, 0.15) is 29.5 Å². The molecule has 2 aromatic carbocycles. The summed E-state index contributed by atoms with van der Waals surface area (Å²) in [6.07, 6.45) is 1.47. The Balaban J connectivity index is 1.76. The number of rotatable bonds is 4. The number of ether oxygens (including phenoxy) is 3. The van der Waals surface area contributed by atoms with Crippen molar-refractivity contribution >= 4 is 5.97 Å². The lowest BCUT2D eigenvalue weighted by molar-refractivity contribution is -0.0164. The average molecular weight is 370 g/mol. The van der Waals surface area contributed by atoms with Crippen LogP contribution in [0.4, 0.5) is 0 Å². The maximum Gasteiger partial charge on any atom is 0.338 e. The smallest absolute Gasteiger partial charge is 0.338 e. The number of phenolic OH excluding ortho intramolecular Hbond substituents is 1. The number of hydrogen-bond acceptors (Lipinski definition) is 5. The van der Waals surface area contributed by atoms with Crippen molar-refractivity contribution in [2.45, 2.75) is 46.1 Å². The Morgan fingerprint density at radius 3 is 2.67 bits per heavy atom. The normalized spacial score (nSPS) is 18.4. The zero-order chi connectivity index (χ0) is 19.8. The van der Waals surface area contributed by atoms with E-state index in [0.29, 0.717) is 23.5 Å². The Labute approximate surface area is 159 Å². The zero-order valence-corrected chi connectivity index (χ0v) is 16.5. The van der Waals surface area contributed by atoms with E-state index in [-0.39, 0.29) is 6.61 Å². The summed E-state index contributed by atoms with van der Waals surface area (Å²) >= 11 is 0. The molecule has 0 amide bonds. The lowest BCUT2D eigenvalue weighted by Gasteiger charge is -2.37. The molecule has 2 aromatic rings. The van der Waals surface area contributed by atoms with Crippen molar-refractivity contribution in [1.29, 1.82) is 0 Å². The Morgan fingerprint density at radius 2 is 1.96 bits per heavy atom. The highest BCUT2D eigenvalue weighted by Gasteiger charge is 2.36. The minimum Gasteiger partial charge on any atom is -0.507 e. The highest BCUT2D eigenvalue weighted by Crippen LogP contribution is 2.43. The summed E-state index contributed by atoms with van der Waals surface area (Å²) < 4.78 is 17.0. The molecular weight excluding hydrogens is 344 g/mol. The third kappa shape index (κ3) is 3.59. The highest BCUT2D eigenvalue weighted by atomic mass is 16.6. The van der Waals surface area contributed by atoms with Crippen LogP contribution in [0, 0.1) is 20.8 Å². The molecule has 3 rings (SSSR count). The molecule has 0 saturated carbocycles. The first kappa shape index (κ1) is 19.1. The molecule has 5 heteroatoms. The molecule has 0 bridgehead atoms. The summed E-state index contributed by atoms with van der Waals surface area (Å²) in [7, 11) is 1.56. The van der Waals surface area contributed by atoms with E-state index in [0.717, 1.165) is 34.4 Å². The van der Waals surface area contributed by atoms with Crippen LogP contribution in [0.15, 0.2) is 24.3 Å². The third-order valence-electron chi connectivity index (χ3n) is 5.41. The van der Waals surface area contributed by atoms with Crippen LogP contribution in [0.25, 0.3) is 0 Å². The van der Waals surface area contributed by atoms with Crippen LogP contribution in [0.3, 0.4) is 0 Å². The molecule has 0 spiro atoms. The third-order valence-corrected chi connectivity index (χ3v) is 5.41. The molecular formula is C22H26O5. The van der Waals surface area contributed by atoms with Gasteiger partial charge in [-0.15, -0.1) is 0 Å². The molecule has 0 aliphatic carbocycles. The lowest BCUT2D eigenvalue weighted by atomic mass is 9.87. The van der Waals surface area contributed by atoms with Crippen LogP contribution in [-0.4, -0.2) is 30.4 Å². The number of aromatic hydroxyl groups is 1. The van der Waals surface area contributed by atoms with E-state index in [1.807, 2.05) is 27.7 Å². The largest absolute Gasteiger partial charge is 0.507 e. The van der Waals surface area contributed by atoms with Crippen molar-refractivity contribution in [3.63, 3.8) is 0 Å². The Hall–Kier alpha value is -2.69. The quantitative estimate of drug-likeness (QED) is 0.815. The van der Waals surface area contributed by atoms with Crippen molar-refractivity contribution in [2.75, 3.05) is 13.7 Å². The van der Waals surface area contributed by atoms with Gasteiger partial charge in [-0.3, -0.25) is 0 Å². The van der Waals surface area contributed by atoms with Gasteiger partial charge in [-0.05, 0) is 75.4 Å². The average Bonchev–Trinajstić information content (AvgIpc) is 2.69. The summed E-state index contributed by atoms with van der Waals surface area (Å²) in [5, 5.41) is 10.3. The predicted octanol–water partition coefficient (Wildman–Crippen LogP) is 4.27. The molecule has 0 fully saturated rings. The predicted molar refractivity (Wildman–Crippen MR) is 103 cm³/mol. The number of benzene rings is 2. The van der Waals surface area contributed by atoms with Crippen LogP contribution in [0.2, 0.25) is 0 Å². The number of methoxy groups -OCH3 is 1. The number of carbonyl (C=O) groups excluding carboxylic acids is 1. The standard InChI is InChI=1S/C22H26O5/c1-13-14(2)20-18(15(3)19(13)23)9-10-22(4,27-20)12-26-21(24)16-7-6-8-17(11-16)25-5/h6-8,11,23H,9-10,12H2,1-5H3. The summed E-state index contributed by atoms with van der Waals surface area (Å²) in [5.74, 6) is 1.34. The summed E-state index contributed by atoms with van der Waals surface area (Å²) in [5.41, 5.74) is 3.49. The molecule has 1 aliphatic rings. The van der Waals surface area contributed by atoms with Gasteiger partial charge >= 0.3 is 5.97 Å². The zero-order valence-electron chi connectivity index (χ0n) is 16.5. The van der Waals surface area contributed by atoms with Gasteiger partial charge in [-0.1, -0.05) is 6.07 Å². The van der Waals surface area contributed by atoms with E-state index in [1.165, 1.54) is 0 Å². The van der Waals surface area contributed by atoms with Crippen LogP contribution in [0.5, 0.6) is 17.2 Å². The van der Waals surface area contributed by atoms with Crippen LogP contribution < -0.4 is 9.47 Å². The van der Waals surface area contributed by atoms with Crippen LogP contribution in [-0.2, 0) is 11.2 Å². The van der Waals surface area contributed by atoms with Crippen molar-refractivity contribution in [3.8, 4) is 17.2 Å². The second-order valence-corrected chi connectivity index (χ2v) is 7.39. The van der Waals surface area contributed by atoms with Gasteiger partial charge in [0.05, 0.1) is 12.7 Å². The molecule has 0 saturated heterocycles. The molecule has 1 N–H and O–H groups in total. The van der Waals surface area contributed by atoms with Gasteiger partial charge in [0.15, 0.2) is 0 Å². The topological polar surface area (TPSA) is 65.0 Å². The highest BCUT2D eigenvalue weighted by molar-refractivity contribution is 5.89. The maximum absolute atomic E-state index is 12.4. The first-order valence-corrected chi connectivity index (χ1v) is 9.07. The van der Waals surface area contributed by atoms with E-state index in [4.69, 9.17) is 14.2 Å². The van der Waals surface area contributed by atoms with Crippen molar-refractivity contribution in [3.05, 3.63) is 52.1 Å². The minimum absolute atomic E-state index is 0.154. The van der Waals surface area contributed by atoms with Crippen molar-refractivity contribution < 1.29 is 24.1 Å². The van der Waals surface area contributed by atoms with Gasteiger partial charge in [0.25, 0.3) is 0 Å². The second kappa shape index (κ2) is 7.14. The van der Waals surface area contributed by atoms with E-state index in [1.54, 1.807) is 31.4 Å². The molecule has 1 heterocycles. The van der Waals surface area contributed by atoms with Crippen LogP contribution in [0.1, 0.15) is 46.0 Å². The van der Waals surface area contributed by atoms with Crippen molar-refractivity contribution in [2.24, 2.45) is 0 Å². The van der Waals surface area contributed by atoms with Gasteiger partial charge in [-0.25, -0.2) is 4.79 Å². The molecule has 1 aliphatic heterocycles. The molecule has 27 heavy (non-hydrogen) atoms. The monoisotopic (exact) mass is 370 g/mol. The van der Waals surface area contributed by atoms with E-state index in [9.17, 15) is 9.90 Å². The summed E-state index contributed by atoms with van der Waals surface area (Å²) in [6.45, 7) is 7.85. The summed E-state index contributed by atoms with van der Waals surface area (Å²) in [4.78, 5) is 12.4. The van der Waals surface area contributed by atoms with E-state index in [2.05, 4.69) is 0 Å². The number of carbonyl (C=O) groups is 1. The number of fused-ring (bicyclic) bond motifs is 1. The molecule has 0 radical (unpaired) electrons. The van der Waals surface area contributed by atoms with Crippen LogP contribution >= 0.6 is 0 Å². The van der Waals surface area contributed by atoms with E-state index < -0.39 is 11.6 Å². The van der Waals surface area contributed by atoms with E-state index >= 15 is 0 Å². The Morgan fingerprint density at radius 1 is 1.22 bits per heavy atom. The fraction of sp³-hybridized carbons (Fsp3) is 0.409. The molecule has 1 unspecified atom stereocenters. The molecule has 5 nitrogen and oxygen atoms in total. The fourth-order valence-corrected chi connectivity index (χ4v) is 3.45. The Bertz CT molecular complexity index is 887. The molecule has 1 atom stereocenters. The fourth-order valence-electron chi connectivity index (χ4n) is 3.45. The first-order valence-electron chi connectivity index (χ1n) is 9.07. The Kier molecular flexibility index (Phi) is 5.05. The van der Waals surface area contributed by atoms with Crippen molar-refractivity contribution in [1.82, 2.24) is 0 Å².